The van der Waals surface area contributed by atoms with Gasteiger partial charge >= 0.3 is 12.1 Å². The van der Waals surface area contributed by atoms with Gasteiger partial charge in [-0.15, -0.1) is 11.3 Å². The van der Waals surface area contributed by atoms with Crippen LogP contribution < -0.4 is 4.72 Å². The number of carbonyl (C=O) groups is 1. The topological polar surface area (TPSA) is 83.5 Å². The van der Waals surface area contributed by atoms with Crippen LogP contribution in [0.25, 0.3) is 0 Å². The van der Waals surface area contributed by atoms with Gasteiger partial charge in [0.15, 0.2) is 0 Å². The molecule has 0 aliphatic rings. The maximum atomic E-state index is 12.8. The summed E-state index contributed by atoms with van der Waals surface area (Å²) >= 11 is 6.33. The van der Waals surface area contributed by atoms with Gasteiger partial charge in [-0.3, -0.25) is 4.72 Å². The average Bonchev–Trinajstić information content (AvgIpc) is 2.84. The van der Waals surface area contributed by atoms with Gasteiger partial charge in [-0.2, -0.15) is 13.2 Å². The number of rotatable bonds is 4. The SMILES string of the molecule is O=C(O)c1cc(NS(=O)(=O)c2ccc(Cl)s2)cc(C(F)(F)F)c1. The minimum Gasteiger partial charge on any atom is -0.478 e. The average molecular weight is 386 g/mol. The first-order chi connectivity index (χ1) is 10.5. The van der Waals surface area contributed by atoms with Gasteiger partial charge in [-0.1, -0.05) is 11.6 Å². The Bertz CT molecular complexity index is 861. The van der Waals surface area contributed by atoms with Crippen molar-refractivity contribution in [2.75, 3.05) is 4.72 Å². The first kappa shape index (κ1) is 17.6. The molecule has 124 valence electrons. The molecule has 0 spiro atoms. The minimum atomic E-state index is -4.82. The molecule has 2 aromatic rings. The largest absolute Gasteiger partial charge is 0.478 e. The summed E-state index contributed by atoms with van der Waals surface area (Å²) in [6.45, 7) is 0. The third-order valence-electron chi connectivity index (χ3n) is 2.57. The lowest BCUT2D eigenvalue weighted by Crippen LogP contribution is -2.14. The van der Waals surface area contributed by atoms with Gasteiger partial charge < -0.3 is 5.11 Å². The van der Waals surface area contributed by atoms with Crippen molar-refractivity contribution in [2.24, 2.45) is 0 Å². The van der Waals surface area contributed by atoms with Crippen LogP contribution in [0.15, 0.2) is 34.5 Å². The van der Waals surface area contributed by atoms with Crippen molar-refractivity contribution in [1.82, 2.24) is 0 Å². The maximum Gasteiger partial charge on any atom is 0.416 e. The zero-order valence-corrected chi connectivity index (χ0v) is 13.3. The van der Waals surface area contributed by atoms with Crippen molar-refractivity contribution >= 4 is 44.6 Å². The highest BCUT2D eigenvalue weighted by atomic mass is 35.5. The van der Waals surface area contributed by atoms with Crippen LogP contribution in [-0.4, -0.2) is 19.5 Å². The van der Waals surface area contributed by atoms with Crippen LogP contribution in [0.1, 0.15) is 15.9 Å². The van der Waals surface area contributed by atoms with Crippen molar-refractivity contribution in [3.05, 3.63) is 45.8 Å². The van der Waals surface area contributed by atoms with Crippen molar-refractivity contribution in [3.63, 3.8) is 0 Å². The number of nitrogens with one attached hydrogen (secondary N) is 1. The Labute approximate surface area is 137 Å². The molecular formula is C12H7ClF3NO4S2. The van der Waals surface area contributed by atoms with Crippen molar-refractivity contribution in [1.29, 1.82) is 0 Å². The van der Waals surface area contributed by atoms with E-state index in [2.05, 4.69) is 0 Å². The molecule has 11 heteroatoms. The summed E-state index contributed by atoms with van der Waals surface area (Å²) in [5, 5.41) is 8.86. The lowest BCUT2D eigenvalue weighted by Gasteiger charge is -2.12. The first-order valence-electron chi connectivity index (χ1n) is 5.73. The van der Waals surface area contributed by atoms with Gasteiger partial charge in [0.05, 0.1) is 21.2 Å². The molecule has 2 rings (SSSR count). The van der Waals surface area contributed by atoms with E-state index in [0.29, 0.717) is 23.5 Å². The van der Waals surface area contributed by atoms with Crippen molar-refractivity contribution in [3.8, 4) is 0 Å². The summed E-state index contributed by atoms with van der Waals surface area (Å²) < 4.78 is 64.4. The van der Waals surface area contributed by atoms with Crippen LogP contribution in [0.2, 0.25) is 4.34 Å². The Hall–Kier alpha value is -1.78. The van der Waals surface area contributed by atoms with Crippen molar-refractivity contribution < 1.29 is 31.5 Å². The van der Waals surface area contributed by atoms with Gasteiger partial charge in [-0.05, 0) is 30.3 Å². The number of thiophene rings is 1. The second-order valence-electron chi connectivity index (χ2n) is 4.27. The van der Waals surface area contributed by atoms with E-state index in [1.165, 1.54) is 12.1 Å². The molecule has 0 saturated heterocycles. The molecule has 0 atom stereocenters. The lowest BCUT2D eigenvalue weighted by molar-refractivity contribution is -0.137. The quantitative estimate of drug-likeness (QED) is 0.835. The molecule has 0 unspecified atom stereocenters. The van der Waals surface area contributed by atoms with Gasteiger partial charge in [0.2, 0.25) is 0 Å². The zero-order valence-electron chi connectivity index (χ0n) is 10.9. The Kier molecular flexibility index (Phi) is 4.60. The van der Waals surface area contributed by atoms with Gasteiger partial charge in [0, 0.05) is 0 Å². The molecule has 1 aromatic heterocycles. The predicted molar refractivity (Wildman–Crippen MR) is 78.5 cm³/mol. The Morgan fingerprint density at radius 2 is 1.87 bits per heavy atom. The molecule has 5 nitrogen and oxygen atoms in total. The molecule has 0 amide bonds. The molecule has 0 aliphatic heterocycles. The van der Waals surface area contributed by atoms with E-state index >= 15 is 0 Å². The lowest BCUT2D eigenvalue weighted by atomic mass is 10.1. The van der Waals surface area contributed by atoms with Crippen LogP contribution in [0.5, 0.6) is 0 Å². The molecule has 0 radical (unpaired) electrons. The highest BCUT2D eigenvalue weighted by molar-refractivity contribution is 7.94. The zero-order chi connectivity index (χ0) is 17.4. The Morgan fingerprint density at radius 1 is 1.22 bits per heavy atom. The maximum absolute atomic E-state index is 12.8. The molecular weight excluding hydrogens is 379 g/mol. The number of hydrogen-bond donors (Lipinski definition) is 2. The fourth-order valence-corrected chi connectivity index (χ4v) is 4.14. The molecule has 0 saturated carbocycles. The summed E-state index contributed by atoms with van der Waals surface area (Å²) in [5.41, 5.74) is -2.48. The summed E-state index contributed by atoms with van der Waals surface area (Å²) in [6.07, 6.45) is -4.82. The Balaban J connectivity index is 2.47. The fourth-order valence-electron chi connectivity index (χ4n) is 1.62. The Morgan fingerprint density at radius 3 is 2.35 bits per heavy atom. The predicted octanol–water partition coefficient (Wildman–Crippen LogP) is 3.92. The highest BCUT2D eigenvalue weighted by Gasteiger charge is 2.32. The fraction of sp³-hybridized carbons (Fsp3) is 0.0833. The van der Waals surface area contributed by atoms with E-state index in [9.17, 15) is 26.4 Å². The molecule has 1 heterocycles. The van der Waals surface area contributed by atoms with Crippen LogP contribution in [0.3, 0.4) is 0 Å². The number of carboxylic acid groups (broad SMARTS) is 1. The molecule has 1 aromatic carbocycles. The van der Waals surface area contributed by atoms with Crippen LogP contribution in [-0.2, 0) is 16.2 Å². The second kappa shape index (κ2) is 6.02. The molecule has 0 bridgehead atoms. The van der Waals surface area contributed by atoms with Gasteiger partial charge in [0.25, 0.3) is 10.0 Å². The van der Waals surface area contributed by atoms with E-state index in [1.54, 1.807) is 0 Å². The van der Waals surface area contributed by atoms with Crippen LogP contribution >= 0.6 is 22.9 Å². The highest BCUT2D eigenvalue weighted by Crippen LogP contribution is 2.33. The number of halogens is 4. The normalized spacial score (nSPS) is 12.2. The van der Waals surface area contributed by atoms with E-state index < -0.39 is 39.0 Å². The van der Waals surface area contributed by atoms with E-state index in [0.717, 1.165) is 6.07 Å². The van der Waals surface area contributed by atoms with Crippen LogP contribution in [0, 0.1) is 0 Å². The second-order valence-corrected chi connectivity index (χ2v) is 7.89. The van der Waals surface area contributed by atoms with Gasteiger partial charge in [-0.25, -0.2) is 13.2 Å². The van der Waals surface area contributed by atoms with Crippen LogP contribution in [0.4, 0.5) is 18.9 Å². The summed E-state index contributed by atoms with van der Waals surface area (Å²) in [4.78, 5) is 10.9. The number of anilines is 1. The van der Waals surface area contributed by atoms with E-state index in [1.807, 2.05) is 4.72 Å². The summed E-state index contributed by atoms with van der Waals surface area (Å²) in [5.74, 6) is -1.62. The molecule has 0 aliphatic carbocycles. The first-order valence-corrected chi connectivity index (χ1v) is 8.40. The van der Waals surface area contributed by atoms with Gasteiger partial charge in [0.1, 0.15) is 4.21 Å². The third kappa shape index (κ3) is 4.15. The molecule has 23 heavy (non-hydrogen) atoms. The smallest absolute Gasteiger partial charge is 0.416 e. The van der Waals surface area contributed by atoms with E-state index in [4.69, 9.17) is 16.7 Å². The van der Waals surface area contributed by atoms with E-state index in [-0.39, 0.29) is 8.55 Å². The summed E-state index contributed by atoms with van der Waals surface area (Å²) in [7, 11) is -4.17. The molecule has 2 N–H and O–H groups in total. The number of alkyl halides is 3. The number of sulfonamides is 1. The standard InChI is InChI=1S/C12H7ClF3NO4S2/c13-9-1-2-10(22-9)23(20,21)17-8-4-6(11(18)19)3-7(5-8)12(14,15)16/h1-5,17H,(H,18,19). The third-order valence-corrected chi connectivity index (χ3v) is 5.68. The minimum absolute atomic E-state index is 0.181. The number of hydrogen-bond acceptors (Lipinski definition) is 4. The number of carboxylic acids is 1. The summed E-state index contributed by atoms with van der Waals surface area (Å²) in [6, 6.07) is 4.22. The number of benzene rings is 1. The monoisotopic (exact) mass is 385 g/mol. The number of aromatic carboxylic acids is 1. The van der Waals surface area contributed by atoms with Crippen molar-refractivity contribution in [2.45, 2.75) is 10.4 Å². The molecule has 0 fully saturated rings.